The molecule has 0 aliphatic rings. The lowest BCUT2D eigenvalue weighted by molar-refractivity contribution is -0.385. The third kappa shape index (κ3) is 3.72. The van der Waals surface area contributed by atoms with Crippen LogP contribution in [0.1, 0.15) is 5.56 Å². The average molecular weight is 436 g/mol. The van der Waals surface area contributed by atoms with E-state index in [9.17, 15) is 23.3 Å². The number of primary sulfonamides is 1. The molecule has 1 heterocycles. The molecule has 4 rings (SSSR count). The highest BCUT2D eigenvalue weighted by Gasteiger charge is 2.21. The molecular formula is C22H16N2O6S. The van der Waals surface area contributed by atoms with Crippen LogP contribution < -0.4 is 10.6 Å². The van der Waals surface area contributed by atoms with E-state index in [1.165, 1.54) is 30.3 Å². The highest BCUT2D eigenvalue weighted by molar-refractivity contribution is 7.89. The van der Waals surface area contributed by atoms with E-state index in [0.29, 0.717) is 27.7 Å². The Morgan fingerprint density at radius 2 is 1.61 bits per heavy atom. The van der Waals surface area contributed by atoms with Crippen LogP contribution in [-0.4, -0.2) is 13.3 Å². The smallest absolute Gasteiger partial charge is 0.272 e. The summed E-state index contributed by atoms with van der Waals surface area (Å²) in [5.74, 6) is 0.169. The van der Waals surface area contributed by atoms with Crippen molar-refractivity contribution in [3.63, 3.8) is 0 Å². The second kappa shape index (κ2) is 7.46. The molecule has 0 atom stereocenters. The maximum absolute atomic E-state index is 13.4. The molecule has 0 unspecified atom stereocenters. The van der Waals surface area contributed by atoms with Gasteiger partial charge in [0.05, 0.1) is 20.8 Å². The van der Waals surface area contributed by atoms with Crippen molar-refractivity contribution in [1.29, 1.82) is 0 Å². The van der Waals surface area contributed by atoms with Crippen molar-refractivity contribution >= 4 is 26.7 Å². The first-order valence-corrected chi connectivity index (χ1v) is 10.7. The number of rotatable bonds is 4. The number of sulfonamides is 1. The van der Waals surface area contributed by atoms with Crippen LogP contribution in [0.4, 0.5) is 5.69 Å². The number of nitro groups is 1. The van der Waals surface area contributed by atoms with Gasteiger partial charge in [-0.15, -0.1) is 0 Å². The van der Waals surface area contributed by atoms with Crippen molar-refractivity contribution in [2.45, 2.75) is 11.8 Å². The second-order valence-corrected chi connectivity index (χ2v) is 8.52. The number of nitrogens with two attached hydrogens (primary N) is 1. The Balaban J connectivity index is 2.05. The standard InChI is InChI=1S/C22H16N2O6S/c1-13-6-7-15(12-18(13)24(26)27)20-21(25)17-4-2-3-5-19(17)30-22(20)14-8-10-16(11-9-14)31(23,28)29/h2-12H,1H3,(H2,23,28,29). The van der Waals surface area contributed by atoms with Crippen LogP contribution >= 0.6 is 0 Å². The minimum atomic E-state index is -3.89. The van der Waals surface area contributed by atoms with E-state index in [4.69, 9.17) is 9.56 Å². The molecule has 0 aliphatic heterocycles. The Morgan fingerprint density at radius 1 is 0.968 bits per heavy atom. The topological polar surface area (TPSA) is 134 Å². The van der Waals surface area contributed by atoms with E-state index in [1.54, 1.807) is 43.3 Å². The minimum absolute atomic E-state index is 0.0908. The van der Waals surface area contributed by atoms with Gasteiger partial charge in [-0.05, 0) is 48.9 Å². The van der Waals surface area contributed by atoms with Crippen LogP contribution in [0.3, 0.4) is 0 Å². The Morgan fingerprint density at radius 3 is 2.26 bits per heavy atom. The lowest BCUT2D eigenvalue weighted by Crippen LogP contribution is -2.12. The normalized spacial score (nSPS) is 11.5. The molecule has 0 fully saturated rings. The van der Waals surface area contributed by atoms with Crippen molar-refractivity contribution in [2.24, 2.45) is 5.14 Å². The van der Waals surface area contributed by atoms with Crippen LogP contribution in [0.25, 0.3) is 33.4 Å². The molecule has 3 aromatic carbocycles. The predicted molar refractivity (Wildman–Crippen MR) is 116 cm³/mol. The van der Waals surface area contributed by atoms with Gasteiger partial charge in [0.25, 0.3) is 5.69 Å². The van der Waals surface area contributed by atoms with Crippen LogP contribution in [0.2, 0.25) is 0 Å². The van der Waals surface area contributed by atoms with Crippen molar-refractivity contribution in [1.82, 2.24) is 0 Å². The maximum atomic E-state index is 13.4. The fourth-order valence-corrected chi connectivity index (χ4v) is 3.88. The lowest BCUT2D eigenvalue weighted by Gasteiger charge is -2.11. The molecule has 2 N–H and O–H groups in total. The molecule has 0 aliphatic carbocycles. The van der Waals surface area contributed by atoms with Gasteiger partial charge in [-0.2, -0.15) is 0 Å². The summed E-state index contributed by atoms with van der Waals surface area (Å²) in [5.41, 5.74) is 1.20. The maximum Gasteiger partial charge on any atom is 0.272 e. The number of benzene rings is 3. The van der Waals surface area contributed by atoms with E-state index < -0.39 is 14.9 Å². The molecular weight excluding hydrogens is 420 g/mol. The summed E-state index contributed by atoms with van der Waals surface area (Å²) in [6.07, 6.45) is 0. The molecule has 0 spiro atoms. The van der Waals surface area contributed by atoms with Crippen molar-refractivity contribution in [2.75, 3.05) is 0 Å². The minimum Gasteiger partial charge on any atom is -0.455 e. The lowest BCUT2D eigenvalue weighted by atomic mass is 9.97. The quantitative estimate of drug-likeness (QED) is 0.380. The molecule has 0 amide bonds. The molecule has 31 heavy (non-hydrogen) atoms. The first kappa shape index (κ1) is 20.5. The predicted octanol–water partition coefficient (Wildman–Crippen LogP) is 3.99. The van der Waals surface area contributed by atoms with Crippen molar-refractivity contribution < 1.29 is 17.8 Å². The number of nitrogens with zero attached hydrogens (tertiary/aromatic N) is 1. The van der Waals surface area contributed by atoms with Gasteiger partial charge in [0, 0.05) is 17.2 Å². The highest BCUT2D eigenvalue weighted by Crippen LogP contribution is 2.35. The second-order valence-electron chi connectivity index (χ2n) is 6.96. The first-order chi connectivity index (χ1) is 14.7. The number of nitro benzene ring substituents is 1. The van der Waals surface area contributed by atoms with Gasteiger partial charge in [0.2, 0.25) is 15.5 Å². The zero-order valence-electron chi connectivity index (χ0n) is 16.2. The Bertz CT molecular complexity index is 1510. The molecule has 0 radical (unpaired) electrons. The largest absolute Gasteiger partial charge is 0.455 e. The molecule has 0 saturated carbocycles. The number of fused-ring (bicyclic) bond motifs is 1. The van der Waals surface area contributed by atoms with E-state index in [-0.39, 0.29) is 27.3 Å². The third-order valence-electron chi connectivity index (χ3n) is 4.94. The summed E-state index contributed by atoms with van der Waals surface area (Å²) in [5, 5.41) is 16.9. The fraction of sp³-hybridized carbons (Fsp3) is 0.0455. The summed E-state index contributed by atoms with van der Waals surface area (Å²) >= 11 is 0. The summed E-state index contributed by atoms with van der Waals surface area (Å²) in [4.78, 5) is 24.2. The van der Waals surface area contributed by atoms with E-state index in [1.807, 2.05) is 0 Å². The molecule has 4 aromatic rings. The molecule has 0 saturated heterocycles. The molecule has 9 heteroatoms. The fourth-order valence-electron chi connectivity index (χ4n) is 3.37. The first-order valence-electron chi connectivity index (χ1n) is 9.11. The summed E-state index contributed by atoms with van der Waals surface area (Å²) in [6.45, 7) is 1.61. The Labute approximate surface area is 176 Å². The third-order valence-corrected chi connectivity index (χ3v) is 5.87. The summed E-state index contributed by atoms with van der Waals surface area (Å²) < 4.78 is 29.2. The van der Waals surface area contributed by atoms with E-state index >= 15 is 0 Å². The zero-order chi connectivity index (χ0) is 22.3. The van der Waals surface area contributed by atoms with Gasteiger partial charge >= 0.3 is 0 Å². The van der Waals surface area contributed by atoms with Crippen LogP contribution in [0, 0.1) is 17.0 Å². The van der Waals surface area contributed by atoms with E-state index in [2.05, 4.69) is 0 Å². The molecule has 0 bridgehead atoms. The Kier molecular flexibility index (Phi) is 4.92. The number of para-hydroxylation sites is 1. The van der Waals surface area contributed by atoms with Gasteiger partial charge in [-0.25, -0.2) is 13.6 Å². The summed E-state index contributed by atoms with van der Waals surface area (Å²) in [7, 11) is -3.89. The van der Waals surface area contributed by atoms with Crippen molar-refractivity contribution in [3.8, 4) is 22.5 Å². The molecule has 1 aromatic heterocycles. The average Bonchev–Trinajstić information content (AvgIpc) is 2.73. The van der Waals surface area contributed by atoms with Gasteiger partial charge in [-0.1, -0.05) is 24.3 Å². The van der Waals surface area contributed by atoms with Gasteiger partial charge in [0.15, 0.2) is 0 Å². The number of hydrogen-bond donors (Lipinski definition) is 1. The summed E-state index contributed by atoms with van der Waals surface area (Å²) in [6, 6.07) is 16.7. The molecule has 8 nitrogen and oxygen atoms in total. The highest BCUT2D eigenvalue weighted by atomic mass is 32.2. The van der Waals surface area contributed by atoms with E-state index in [0.717, 1.165) is 0 Å². The monoisotopic (exact) mass is 436 g/mol. The zero-order valence-corrected chi connectivity index (χ0v) is 17.0. The van der Waals surface area contributed by atoms with Crippen LogP contribution in [0.5, 0.6) is 0 Å². The number of hydrogen-bond acceptors (Lipinski definition) is 6. The Hall–Kier alpha value is -3.82. The number of aryl methyl sites for hydroxylation is 1. The van der Waals surface area contributed by atoms with Gasteiger partial charge in [0.1, 0.15) is 11.3 Å². The molecule has 156 valence electrons. The SMILES string of the molecule is Cc1ccc(-c2c(-c3ccc(S(N)(=O)=O)cc3)oc3ccccc3c2=O)cc1[N+](=O)[O-]. The van der Waals surface area contributed by atoms with Crippen molar-refractivity contribution in [3.05, 3.63) is 92.6 Å². The van der Waals surface area contributed by atoms with Gasteiger partial charge < -0.3 is 4.42 Å². The van der Waals surface area contributed by atoms with Crippen LogP contribution in [-0.2, 0) is 10.0 Å². The van der Waals surface area contributed by atoms with Crippen LogP contribution in [0.15, 0.2) is 80.8 Å². The van der Waals surface area contributed by atoms with Gasteiger partial charge in [-0.3, -0.25) is 14.9 Å².